The number of carbonyl (C=O) groups excluding carboxylic acids is 1. The molecule has 24 heavy (non-hydrogen) atoms. The van der Waals surface area contributed by atoms with Crippen LogP contribution in [0.3, 0.4) is 0 Å². The van der Waals surface area contributed by atoms with E-state index in [1.54, 1.807) is 14.0 Å². The molecule has 8 heteroatoms. The average molecular weight is 447 g/mol. The standard InChI is InChI=1S/C16H25N5O2.HI/c1-13(22)21-11-9-20(10-12-21)8-7-18-16(17)19-14-3-5-15(23-2)6-4-14;/h3-6H,7-12H2,1-2H3,(H3,17,18,19);1H. The van der Waals surface area contributed by atoms with Crippen LogP contribution in [0.2, 0.25) is 0 Å². The second-order valence-electron chi connectivity index (χ2n) is 5.47. The fourth-order valence-corrected chi connectivity index (χ4v) is 2.46. The van der Waals surface area contributed by atoms with E-state index in [2.05, 4.69) is 15.2 Å². The molecule has 1 aromatic rings. The maximum Gasteiger partial charge on any atom is 0.219 e. The second kappa shape index (κ2) is 10.3. The first kappa shape index (κ1) is 20.5. The molecule has 0 saturated carbocycles. The van der Waals surface area contributed by atoms with E-state index in [-0.39, 0.29) is 29.9 Å². The van der Waals surface area contributed by atoms with Crippen molar-refractivity contribution in [1.29, 1.82) is 0 Å². The van der Waals surface area contributed by atoms with Crippen LogP contribution in [-0.4, -0.2) is 68.0 Å². The Morgan fingerprint density at radius 3 is 2.42 bits per heavy atom. The molecule has 7 nitrogen and oxygen atoms in total. The van der Waals surface area contributed by atoms with Crippen LogP contribution in [0.5, 0.6) is 5.75 Å². The van der Waals surface area contributed by atoms with E-state index in [1.165, 1.54) is 0 Å². The summed E-state index contributed by atoms with van der Waals surface area (Å²) in [5, 5.41) is 3.05. The zero-order chi connectivity index (χ0) is 16.7. The van der Waals surface area contributed by atoms with E-state index in [1.807, 2.05) is 29.2 Å². The molecule has 1 fully saturated rings. The van der Waals surface area contributed by atoms with Crippen LogP contribution in [0, 0.1) is 0 Å². The van der Waals surface area contributed by atoms with Gasteiger partial charge in [0.25, 0.3) is 0 Å². The SMILES string of the molecule is COc1ccc(NC(N)=NCCN2CCN(C(C)=O)CC2)cc1.I. The van der Waals surface area contributed by atoms with Gasteiger partial charge in [-0.25, -0.2) is 0 Å². The fraction of sp³-hybridized carbons (Fsp3) is 0.500. The Morgan fingerprint density at radius 1 is 1.25 bits per heavy atom. The van der Waals surface area contributed by atoms with Crippen LogP contribution in [0.15, 0.2) is 29.3 Å². The summed E-state index contributed by atoms with van der Waals surface area (Å²) in [5.41, 5.74) is 6.77. The monoisotopic (exact) mass is 447 g/mol. The molecule has 1 aliphatic rings. The molecule has 0 unspecified atom stereocenters. The van der Waals surface area contributed by atoms with Crippen molar-refractivity contribution in [3.63, 3.8) is 0 Å². The highest BCUT2D eigenvalue weighted by Gasteiger charge is 2.17. The molecule has 2 rings (SSSR count). The highest BCUT2D eigenvalue weighted by molar-refractivity contribution is 14.0. The van der Waals surface area contributed by atoms with Gasteiger partial charge in [-0.2, -0.15) is 0 Å². The maximum atomic E-state index is 11.3. The zero-order valence-electron chi connectivity index (χ0n) is 14.2. The van der Waals surface area contributed by atoms with Gasteiger partial charge in [0.05, 0.1) is 13.7 Å². The van der Waals surface area contributed by atoms with Crippen LogP contribution >= 0.6 is 24.0 Å². The molecule has 134 valence electrons. The average Bonchev–Trinajstić information content (AvgIpc) is 2.56. The largest absolute Gasteiger partial charge is 0.497 e. The van der Waals surface area contributed by atoms with Gasteiger partial charge in [-0.05, 0) is 24.3 Å². The quantitative estimate of drug-likeness (QED) is 0.403. The summed E-state index contributed by atoms with van der Waals surface area (Å²) in [7, 11) is 1.63. The normalized spacial score (nSPS) is 15.6. The van der Waals surface area contributed by atoms with E-state index in [0.717, 1.165) is 44.2 Å². The number of guanidine groups is 1. The lowest BCUT2D eigenvalue weighted by atomic mass is 10.3. The van der Waals surface area contributed by atoms with Crippen LogP contribution in [0.1, 0.15) is 6.92 Å². The van der Waals surface area contributed by atoms with Crippen molar-refractivity contribution in [1.82, 2.24) is 9.80 Å². The molecule has 0 radical (unpaired) electrons. The van der Waals surface area contributed by atoms with Gasteiger partial charge in [0.1, 0.15) is 5.75 Å². The third-order valence-electron chi connectivity index (χ3n) is 3.88. The molecule has 0 spiro atoms. The Morgan fingerprint density at radius 2 is 1.88 bits per heavy atom. The van der Waals surface area contributed by atoms with E-state index in [4.69, 9.17) is 10.5 Å². The number of anilines is 1. The molecule has 1 amide bonds. The number of rotatable bonds is 5. The minimum absolute atomic E-state index is 0. The van der Waals surface area contributed by atoms with Gasteiger partial charge < -0.3 is 20.7 Å². The van der Waals surface area contributed by atoms with Crippen LogP contribution in [0.4, 0.5) is 5.69 Å². The van der Waals surface area contributed by atoms with Gasteiger partial charge in [-0.15, -0.1) is 24.0 Å². The van der Waals surface area contributed by atoms with Crippen molar-refractivity contribution in [3.05, 3.63) is 24.3 Å². The number of benzene rings is 1. The first-order valence-electron chi connectivity index (χ1n) is 7.77. The molecule has 0 aromatic heterocycles. The summed E-state index contributed by atoms with van der Waals surface area (Å²) in [6, 6.07) is 7.51. The Balaban J connectivity index is 0.00000288. The Kier molecular flexibility index (Phi) is 8.83. The number of nitrogens with two attached hydrogens (primary N) is 1. The minimum atomic E-state index is 0. The predicted molar refractivity (Wildman–Crippen MR) is 107 cm³/mol. The van der Waals surface area contributed by atoms with Crippen molar-refractivity contribution in [2.45, 2.75) is 6.92 Å². The van der Waals surface area contributed by atoms with E-state index in [0.29, 0.717) is 12.5 Å². The molecule has 0 atom stereocenters. The molecule has 1 heterocycles. The van der Waals surface area contributed by atoms with Crippen LogP contribution in [-0.2, 0) is 4.79 Å². The highest BCUT2D eigenvalue weighted by Crippen LogP contribution is 2.14. The van der Waals surface area contributed by atoms with Crippen LogP contribution in [0.25, 0.3) is 0 Å². The summed E-state index contributed by atoms with van der Waals surface area (Å²) in [5.74, 6) is 1.35. The molecular weight excluding hydrogens is 421 g/mol. The van der Waals surface area contributed by atoms with Crippen LogP contribution < -0.4 is 15.8 Å². The lowest BCUT2D eigenvalue weighted by Crippen LogP contribution is -2.48. The first-order chi connectivity index (χ1) is 11.1. The topological polar surface area (TPSA) is 83.2 Å². The Bertz CT molecular complexity index is 542. The Hall–Kier alpha value is -1.55. The smallest absolute Gasteiger partial charge is 0.219 e. The van der Waals surface area contributed by atoms with Crippen molar-refractivity contribution in [2.24, 2.45) is 10.7 Å². The molecule has 1 aliphatic heterocycles. The molecular formula is C16H26IN5O2. The summed E-state index contributed by atoms with van der Waals surface area (Å²) in [6.07, 6.45) is 0. The summed E-state index contributed by atoms with van der Waals surface area (Å²) in [4.78, 5) is 19.8. The van der Waals surface area contributed by atoms with Gasteiger partial charge in [0.2, 0.25) is 5.91 Å². The number of nitrogens with zero attached hydrogens (tertiary/aromatic N) is 3. The van der Waals surface area contributed by atoms with Gasteiger partial charge in [-0.3, -0.25) is 14.7 Å². The van der Waals surface area contributed by atoms with Gasteiger partial charge in [-0.1, -0.05) is 0 Å². The maximum absolute atomic E-state index is 11.3. The number of amides is 1. The molecule has 0 bridgehead atoms. The number of ether oxygens (including phenoxy) is 1. The van der Waals surface area contributed by atoms with E-state index >= 15 is 0 Å². The summed E-state index contributed by atoms with van der Waals surface area (Å²) >= 11 is 0. The fourth-order valence-electron chi connectivity index (χ4n) is 2.46. The molecule has 3 N–H and O–H groups in total. The molecule has 0 aliphatic carbocycles. The van der Waals surface area contributed by atoms with Crippen molar-refractivity contribution in [3.8, 4) is 5.75 Å². The lowest BCUT2D eigenvalue weighted by Gasteiger charge is -2.33. The Labute approximate surface area is 160 Å². The second-order valence-corrected chi connectivity index (χ2v) is 5.47. The van der Waals surface area contributed by atoms with Gasteiger partial charge in [0.15, 0.2) is 5.96 Å². The van der Waals surface area contributed by atoms with Gasteiger partial charge >= 0.3 is 0 Å². The number of aliphatic imine (C=N–C) groups is 1. The molecule has 1 aromatic carbocycles. The predicted octanol–water partition coefficient (Wildman–Crippen LogP) is 1.20. The van der Waals surface area contributed by atoms with Gasteiger partial charge in [0, 0.05) is 45.3 Å². The number of piperazine rings is 1. The number of hydrogen-bond acceptors (Lipinski definition) is 4. The first-order valence-corrected chi connectivity index (χ1v) is 7.77. The van der Waals surface area contributed by atoms with Crippen molar-refractivity contribution < 1.29 is 9.53 Å². The molecule has 1 saturated heterocycles. The zero-order valence-corrected chi connectivity index (χ0v) is 16.5. The number of methoxy groups -OCH3 is 1. The number of hydrogen-bond donors (Lipinski definition) is 2. The number of nitrogens with one attached hydrogen (secondary N) is 1. The summed E-state index contributed by atoms with van der Waals surface area (Å²) < 4.78 is 5.11. The highest BCUT2D eigenvalue weighted by atomic mass is 127. The van der Waals surface area contributed by atoms with Crippen molar-refractivity contribution >= 4 is 41.5 Å². The summed E-state index contributed by atoms with van der Waals surface area (Å²) in [6.45, 7) is 6.45. The van der Waals surface area contributed by atoms with E-state index < -0.39 is 0 Å². The third kappa shape index (κ3) is 6.52. The third-order valence-corrected chi connectivity index (χ3v) is 3.88. The lowest BCUT2D eigenvalue weighted by molar-refractivity contribution is -0.130. The van der Waals surface area contributed by atoms with E-state index in [9.17, 15) is 4.79 Å². The minimum Gasteiger partial charge on any atom is -0.497 e. The number of carbonyl (C=O) groups is 1. The van der Waals surface area contributed by atoms with Crippen molar-refractivity contribution in [2.75, 3.05) is 51.7 Å². The number of halogens is 1.